The first-order chi connectivity index (χ1) is 6.18. The van der Waals surface area contributed by atoms with Gasteiger partial charge in [0.05, 0.1) is 5.54 Å². The minimum Gasteiger partial charge on any atom is -0.306 e. The monoisotopic (exact) mass is 214 g/mol. The normalized spacial score (nSPS) is 26.0. The molecule has 4 heteroatoms. The average molecular weight is 214 g/mol. The molecule has 0 fully saturated rings. The van der Waals surface area contributed by atoms with Gasteiger partial charge in [0.1, 0.15) is 4.32 Å². The predicted molar refractivity (Wildman–Crippen MR) is 63.8 cm³/mol. The SMILES string of the molecule is CC[C@]1(NNC(=S)S)C=CC=CC1. The molecule has 2 nitrogen and oxygen atoms in total. The summed E-state index contributed by atoms with van der Waals surface area (Å²) in [6.45, 7) is 2.14. The molecule has 1 rings (SSSR count). The molecule has 72 valence electrons. The number of allylic oxidation sites excluding steroid dienone is 2. The number of hydrogen-bond donors (Lipinski definition) is 3. The van der Waals surface area contributed by atoms with E-state index in [0.29, 0.717) is 4.32 Å². The van der Waals surface area contributed by atoms with Crippen LogP contribution in [0.25, 0.3) is 0 Å². The van der Waals surface area contributed by atoms with Gasteiger partial charge >= 0.3 is 0 Å². The smallest absolute Gasteiger partial charge is 0.144 e. The van der Waals surface area contributed by atoms with Crippen molar-refractivity contribution in [3.05, 3.63) is 24.3 Å². The Morgan fingerprint density at radius 1 is 1.62 bits per heavy atom. The zero-order valence-electron chi connectivity index (χ0n) is 7.58. The van der Waals surface area contributed by atoms with Crippen LogP contribution in [0.4, 0.5) is 0 Å². The molecule has 0 amide bonds. The molecule has 0 radical (unpaired) electrons. The van der Waals surface area contributed by atoms with E-state index in [1.807, 2.05) is 6.08 Å². The first kappa shape index (κ1) is 10.8. The molecular weight excluding hydrogens is 200 g/mol. The summed E-state index contributed by atoms with van der Waals surface area (Å²) in [5.74, 6) is 0. The van der Waals surface area contributed by atoms with Gasteiger partial charge in [-0.2, -0.15) is 0 Å². The Bertz CT molecular complexity index is 248. The van der Waals surface area contributed by atoms with Crippen molar-refractivity contribution in [1.29, 1.82) is 0 Å². The lowest BCUT2D eigenvalue weighted by Gasteiger charge is -2.31. The Balaban J connectivity index is 2.55. The van der Waals surface area contributed by atoms with Crippen molar-refractivity contribution >= 4 is 29.2 Å². The zero-order valence-corrected chi connectivity index (χ0v) is 9.29. The largest absolute Gasteiger partial charge is 0.306 e. The van der Waals surface area contributed by atoms with E-state index in [4.69, 9.17) is 12.2 Å². The summed E-state index contributed by atoms with van der Waals surface area (Å²) < 4.78 is 0.468. The Kier molecular flexibility index (Phi) is 3.96. The lowest BCUT2D eigenvalue weighted by molar-refractivity contribution is 0.372. The van der Waals surface area contributed by atoms with Crippen LogP contribution in [0, 0.1) is 0 Å². The molecule has 0 aromatic rings. The average Bonchev–Trinajstić information content (AvgIpc) is 2.16. The highest BCUT2D eigenvalue weighted by Gasteiger charge is 2.24. The number of hydrogen-bond acceptors (Lipinski definition) is 2. The van der Waals surface area contributed by atoms with Crippen LogP contribution in [0.3, 0.4) is 0 Å². The van der Waals surface area contributed by atoms with Crippen molar-refractivity contribution in [3.8, 4) is 0 Å². The van der Waals surface area contributed by atoms with Gasteiger partial charge in [0, 0.05) is 0 Å². The molecule has 0 bridgehead atoms. The topological polar surface area (TPSA) is 24.1 Å². The minimum absolute atomic E-state index is 0.0124. The van der Waals surface area contributed by atoms with E-state index in [9.17, 15) is 0 Å². The van der Waals surface area contributed by atoms with Gasteiger partial charge < -0.3 is 5.43 Å². The van der Waals surface area contributed by atoms with Crippen LogP contribution in [-0.4, -0.2) is 9.86 Å². The van der Waals surface area contributed by atoms with Crippen molar-refractivity contribution in [1.82, 2.24) is 10.9 Å². The van der Waals surface area contributed by atoms with E-state index < -0.39 is 0 Å². The van der Waals surface area contributed by atoms with Gasteiger partial charge in [-0.15, -0.1) is 12.6 Å². The lowest BCUT2D eigenvalue weighted by Crippen LogP contribution is -2.51. The number of thiocarbonyl (C=S) groups is 1. The maximum Gasteiger partial charge on any atom is 0.144 e. The fraction of sp³-hybridized carbons (Fsp3) is 0.444. The molecule has 0 aromatic heterocycles. The van der Waals surface area contributed by atoms with Gasteiger partial charge in [-0.3, -0.25) is 0 Å². The summed E-state index contributed by atoms with van der Waals surface area (Å²) >= 11 is 8.80. The summed E-state index contributed by atoms with van der Waals surface area (Å²) in [6.07, 6.45) is 10.4. The highest BCUT2D eigenvalue weighted by atomic mass is 32.1. The third-order valence-corrected chi connectivity index (χ3v) is 2.41. The van der Waals surface area contributed by atoms with Crippen LogP contribution in [-0.2, 0) is 0 Å². The number of nitrogens with one attached hydrogen (secondary N) is 2. The minimum atomic E-state index is -0.0124. The quantitative estimate of drug-likeness (QED) is 0.380. The molecule has 0 saturated carbocycles. The van der Waals surface area contributed by atoms with Gasteiger partial charge in [0.25, 0.3) is 0 Å². The molecule has 0 heterocycles. The van der Waals surface area contributed by atoms with Crippen molar-refractivity contribution in [2.45, 2.75) is 25.3 Å². The highest BCUT2D eigenvalue weighted by molar-refractivity contribution is 8.11. The molecule has 0 aromatic carbocycles. The van der Waals surface area contributed by atoms with Gasteiger partial charge in [-0.25, -0.2) is 5.43 Å². The van der Waals surface area contributed by atoms with E-state index in [2.05, 4.69) is 48.6 Å². The third kappa shape index (κ3) is 3.14. The van der Waals surface area contributed by atoms with Crippen molar-refractivity contribution in [2.24, 2.45) is 0 Å². The second-order valence-electron chi connectivity index (χ2n) is 3.06. The summed E-state index contributed by atoms with van der Waals surface area (Å²) in [7, 11) is 0. The predicted octanol–water partition coefficient (Wildman–Crippen LogP) is 1.96. The van der Waals surface area contributed by atoms with Crippen molar-refractivity contribution in [3.63, 3.8) is 0 Å². The summed E-state index contributed by atoms with van der Waals surface area (Å²) in [6, 6.07) is 0. The van der Waals surface area contributed by atoms with Gasteiger partial charge in [-0.1, -0.05) is 43.4 Å². The molecular formula is C9H14N2S2. The first-order valence-corrected chi connectivity index (χ1v) is 5.14. The van der Waals surface area contributed by atoms with E-state index >= 15 is 0 Å². The Morgan fingerprint density at radius 3 is 2.85 bits per heavy atom. The fourth-order valence-corrected chi connectivity index (χ4v) is 1.39. The summed E-state index contributed by atoms with van der Waals surface area (Å²) in [5, 5.41) is 0. The molecule has 0 saturated heterocycles. The molecule has 1 atom stereocenters. The maximum atomic E-state index is 4.81. The second-order valence-corrected chi connectivity index (χ2v) is 4.21. The van der Waals surface area contributed by atoms with E-state index in [1.54, 1.807) is 0 Å². The standard InChI is InChI=1S/C9H14N2S2/c1-2-9(11-10-8(12)13)6-4-3-5-7-9/h3-6,11H,2,7H2,1H3,(H2,10,12,13)/t9-/m0/s1. The molecule has 1 aliphatic carbocycles. The summed E-state index contributed by atoms with van der Waals surface area (Å²) in [4.78, 5) is 0. The van der Waals surface area contributed by atoms with Gasteiger partial charge in [-0.05, 0) is 12.8 Å². The van der Waals surface area contributed by atoms with E-state index in [1.165, 1.54) is 0 Å². The number of rotatable bonds is 3. The van der Waals surface area contributed by atoms with Crippen molar-refractivity contribution < 1.29 is 0 Å². The maximum absolute atomic E-state index is 4.81. The van der Waals surface area contributed by atoms with Crippen LogP contribution in [0.1, 0.15) is 19.8 Å². The number of hydrazine groups is 1. The van der Waals surface area contributed by atoms with Crippen LogP contribution in [0.15, 0.2) is 24.3 Å². The Labute approximate surface area is 89.9 Å². The van der Waals surface area contributed by atoms with Crippen LogP contribution in [0.5, 0.6) is 0 Å². The molecule has 13 heavy (non-hydrogen) atoms. The van der Waals surface area contributed by atoms with Crippen LogP contribution in [0.2, 0.25) is 0 Å². The lowest BCUT2D eigenvalue weighted by atomic mass is 9.89. The Hall–Kier alpha value is -0.320. The fourth-order valence-electron chi connectivity index (χ4n) is 1.29. The van der Waals surface area contributed by atoms with Gasteiger partial charge in [0.2, 0.25) is 0 Å². The summed E-state index contributed by atoms with van der Waals surface area (Å²) in [5.41, 5.74) is 6.03. The van der Waals surface area contributed by atoms with Crippen LogP contribution < -0.4 is 10.9 Å². The molecule has 0 aliphatic heterocycles. The van der Waals surface area contributed by atoms with Crippen molar-refractivity contribution in [2.75, 3.05) is 0 Å². The first-order valence-electron chi connectivity index (χ1n) is 4.29. The second kappa shape index (κ2) is 4.79. The zero-order chi connectivity index (χ0) is 9.73. The van der Waals surface area contributed by atoms with E-state index in [-0.39, 0.29) is 5.54 Å². The molecule has 0 unspecified atom stereocenters. The van der Waals surface area contributed by atoms with Crippen LogP contribution >= 0.6 is 24.8 Å². The third-order valence-electron chi connectivity index (χ3n) is 2.19. The number of thiol groups is 1. The van der Waals surface area contributed by atoms with Gasteiger partial charge in [0.15, 0.2) is 0 Å². The molecule has 0 spiro atoms. The highest BCUT2D eigenvalue weighted by Crippen LogP contribution is 2.20. The molecule has 2 N–H and O–H groups in total. The Morgan fingerprint density at radius 2 is 2.38 bits per heavy atom. The molecule has 1 aliphatic rings. The van der Waals surface area contributed by atoms with E-state index in [0.717, 1.165) is 12.8 Å².